The minimum Gasteiger partial charge on any atom is -0.492 e. The molecule has 5 rings (SSSR count). The largest absolute Gasteiger partial charge is 0.492 e. The van der Waals surface area contributed by atoms with Crippen LogP contribution < -0.4 is 15.9 Å². The smallest absolute Gasteiger partial charge is 0.488 e. The zero-order valence-electron chi connectivity index (χ0n) is 16.6. The number of rotatable bonds is 3. The summed E-state index contributed by atoms with van der Waals surface area (Å²) in [5, 5.41) is 19.5. The van der Waals surface area contributed by atoms with Crippen molar-refractivity contribution in [2.75, 3.05) is 19.7 Å². The predicted octanol–water partition coefficient (Wildman–Crippen LogP) is 0.873. The third-order valence-corrected chi connectivity index (χ3v) is 6.60. The van der Waals surface area contributed by atoms with E-state index in [0.29, 0.717) is 42.8 Å². The lowest BCUT2D eigenvalue weighted by Gasteiger charge is -2.38. The minimum absolute atomic E-state index is 0.0109. The molecule has 2 aromatic carbocycles. The number of likely N-dealkylation sites (tertiary alicyclic amines) is 1. The van der Waals surface area contributed by atoms with E-state index < -0.39 is 7.12 Å². The van der Waals surface area contributed by atoms with Crippen molar-refractivity contribution in [3.8, 4) is 5.75 Å². The maximum Gasteiger partial charge on any atom is 0.488 e. The van der Waals surface area contributed by atoms with Crippen LogP contribution in [0.5, 0.6) is 5.75 Å². The number of piperidine rings is 1. The summed E-state index contributed by atoms with van der Waals surface area (Å²) in [5.74, 6) is 0.925. The second kappa shape index (κ2) is 7.16. The second-order valence-corrected chi connectivity index (χ2v) is 8.28. The number of aromatic amines is 1. The number of hydrogen-bond acceptors (Lipinski definition) is 5. The Morgan fingerprint density at radius 2 is 2.00 bits per heavy atom. The Kier molecular flexibility index (Phi) is 4.58. The molecule has 5 N–H and O–H groups in total. The van der Waals surface area contributed by atoms with Crippen LogP contribution in [0.15, 0.2) is 42.6 Å². The Morgan fingerprint density at radius 3 is 2.73 bits per heavy atom. The number of nitrogens with zero attached hydrogens (tertiary/aromatic N) is 1. The van der Waals surface area contributed by atoms with Crippen LogP contribution in [-0.4, -0.2) is 52.7 Å². The Hall–Kier alpha value is -2.81. The van der Waals surface area contributed by atoms with Crippen molar-refractivity contribution >= 4 is 29.4 Å². The summed E-state index contributed by atoms with van der Waals surface area (Å²) in [7, 11) is -1.54. The van der Waals surface area contributed by atoms with Gasteiger partial charge in [-0.25, -0.2) is 0 Å². The normalized spacial score (nSPS) is 17.2. The molecule has 154 valence electrons. The summed E-state index contributed by atoms with van der Waals surface area (Å²) in [6, 6.07) is 11.2. The molecule has 1 fully saturated rings. The van der Waals surface area contributed by atoms with Gasteiger partial charge in [0.25, 0.3) is 5.91 Å². The Balaban J connectivity index is 1.36. The van der Waals surface area contributed by atoms with Gasteiger partial charge < -0.3 is 30.4 Å². The van der Waals surface area contributed by atoms with E-state index in [0.717, 1.165) is 29.5 Å². The standard InChI is InChI=1S/C22H24BN3O4/c24-11-14-1-4-20-18(9-14)22(13-30-20)5-7-26(8-6-22)21(27)17-12-25-19-10-15(23(28)29)2-3-16(17)19/h1-4,9-10,12,25,28-29H,5-8,11,13,24H2. The van der Waals surface area contributed by atoms with Gasteiger partial charge >= 0.3 is 7.12 Å². The molecule has 0 radical (unpaired) electrons. The molecule has 0 aliphatic carbocycles. The molecule has 8 heteroatoms. The monoisotopic (exact) mass is 405 g/mol. The Labute approximate surface area is 174 Å². The van der Waals surface area contributed by atoms with Crippen LogP contribution in [0.4, 0.5) is 0 Å². The summed E-state index contributed by atoms with van der Waals surface area (Å²) in [6.07, 6.45) is 3.40. The van der Waals surface area contributed by atoms with Crippen LogP contribution >= 0.6 is 0 Å². The van der Waals surface area contributed by atoms with Crippen LogP contribution in [-0.2, 0) is 12.0 Å². The minimum atomic E-state index is -1.54. The third kappa shape index (κ3) is 2.99. The number of carbonyl (C=O) groups excluding carboxylic acids is 1. The summed E-state index contributed by atoms with van der Waals surface area (Å²) < 4.78 is 5.96. The lowest BCUT2D eigenvalue weighted by atomic mass is 9.74. The van der Waals surface area contributed by atoms with E-state index in [1.807, 2.05) is 17.0 Å². The van der Waals surface area contributed by atoms with Gasteiger partial charge in [-0.1, -0.05) is 24.3 Å². The van der Waals surface area contributed by atoms with Crippen molar-refractivity contribution in [3.63, 3.8) is 0 Å². The number of nitrogens with two attached hydrogens (primary N) is 1. The molecular formula is C22H24BN3O4. The molecule has 0 bridgehead atoms. The average Bonchev–Trinajstić information content (AvgIpc) is 3.35. The van der Waals surface area contributed by atoms with Gasteiger partial charge in [0.05, 0.1) is 12.2 Å². The first-order valence-corrected chi connectivity index (χ1v) is 10.2. The van der Waals surface area contributed by atoms with Crippen LogP contribution in [0.2, 0.25) is 0 Å². The van der Waals surface area contributed by atoms with Gasteiger partial charge in [0.2, 0.25) is 0 Å². The molecule has 1 saturated heterocycles. The molecule has 7 nitrogen and oxygen atoms in total. The van der Waals surface area contributed by atoms with Gasteiger partial charge in [-0.2, -0.15) is 0 Å². The first-order chi connectivity index (χ1) is 14.5. The molecule has 1 amide bonds. The van der Waals surface area contributed by atoms with Crippen molar-refractivity contribution < 1.29 is 19.6 Å². The van der Waals surface area contributed by atoms with E-state index >= 15 is 0 Å². The maximum atomic E-state index is 13.2. The van der Waals surface area contributed by atoms with E-state index in [1.165, 1.54) is 5.56 Å². The summed E-state index contributed by atoms with van der Waals surface area (Å²) in [6.45, 7) is 2.48. The Bertz CT molecular complexity index is 1120. The van der Waals surface area contributed by atoms with E-state index in [-0.39, 0.29) is 11.3 Å². The zero-order valence-corrected chi connectivity index (χ0v) is 16.6. The molecule has 3 heterocycles. The van der Waals surface area contributed by atoms with Gasteiger partial charge in [0.1, 0.15) is 5.75 Å². The Morgan fingerprint density at radius 1 is 1.20 bits per heavy atom. The number of H-pyrrole nitrogens is 1. The fraction of sp³-hybridized carbons (Fsp3) is 0.318. The highest BCUT2D eigenvalue weighted by molar-refractivity contribution is 6.58. The molecule has 3 aromatic rings. The van der Waals surface area contributed by atoms with Gasteiger partial charge in [-0.05, 0) is 36.0 Å². The first kappa shape index (κ1) is 19.2. The fourth-order valence-corrected chi connectivity index (χ4v) is 4.74. The SMILES string of the molecule is NCc1ccc2c(c1)C1(CCN(C(=O)c3c[nH]c4cc(B(O)O)ccc34)CC1)CO2. The zero-order chi connectivity index (χ0) is 20.9. The number of nitrogens with one attached hydrogen (secondary N) is 1. The van der Waals surface area contributed by atoms with Crippen molar-refractivity contribution in [1.29, 1.82) is 0 Å². The van der Waals surface area contributed by atoms with Crippen molar-refractivity contribution in [2.45, 2.75) is 24.8 Å². The molecule has 1 aromatic heterocycles. The van der Waals surface area contributed by atoms with E-state index in [4.69, 9.17) is 10.5 Å². The third-order valence-electron chi connectivity index (χ3n) is 6.60. The number of carbonyl (C=O) groups is 1. The number of amides is 1. The number of hydrogen-bond donors (Lipinski definition) is 4. The summed E-state index contributed by atoms with van der Waals surface area (Å²) in [5.41, 5.74) is 9.80. The van der Waals surface area contributed by atoms with Crippen molar-refractivity contribution in [3.05, 3.63) is 59.3 Å². The number of ether oxygens (including phenoxy) is 1. The average molecular weight is 405 g/mol. The van der Waals surface area contributed by atoms with Crippen LogP contribution in [0.1, 0.15) is 34.3 Å². The van der Waals surface area contributed by atoms with E-state index in [9.17, 15) is 14.8 Å². The van der Waals surface area contributed by atoms with Crippen LogP contribution in [0.25, 0.3) is 10.9 Å². The molecule has 0 atom stereocenters. The highest BCUT2D eigenvalue weighted by Crippen LogP contribution is 2.46. The van der Waals surface area contributed by atoms with Crippen molar-refractivity contribution in [2.24, 2.45) is 5.73 Å². The van der Waals surface area contributed by atoms with Gasteiger partial charge in [0.15, 0.2) is 0 Å². The molecule has 2 aliphatic rings. The topological polar surface area (TPSA) is 112 Å². The van der Waals surface area contributed by atoms with E-state index in [1.54, 1.807) is 24.4 Å². The van der Waals surface area contributed by atoms with Gasteiger partial charge in [-0.3, -0.25) is 4.79 Å². The lowest BCUT2D eigenvalue weighted by molar-refractivity contribution is 0.0648. The summed E-state index contributed by atoms with van der Waals surface area (Å²) >= 11 is 0. The van der Waals surface area contributed by atoms with E-state index in [2.05, 4.69) is 11.1 Å². The number of benzene rings is 2. The number of fused-ring (bicyclic) bond motifs is 3. The van der Waals surface area contributed by atoms with Crippen LogP contribution in [0, 0.1) is 0 Å². The number of aromatic nitrogens is 1. The predicted molar refractivity (Wildman–Crippen MR) is 115 cm³/mol. The van der Waals surface area contributed by atoms with Gasteiger partial charge in [-0.15, -0.1) is 0 Å². The molecular weight excluding hydrogens is 381 g/mol. The molecule has 0 saturated carbocycles. The van der Waals surface area contributed by atoms with Gasteiger partial charge in [0, 0.05) is 47.7 Å². The first-order valence-electron chi connectivity index (χ1n) is 10.2. The highest BCUT2D eigenvalue weighted by atomic mass is 16.5. The van der Waals surface area contributed by atoms with Crippen LogP contribution in [0.3, 0.4) is 0 Å². The summed E-state index contributed by atoms with van der Waals surface area (Å²) in [4.78, 5) is 18.2. The highest BCUT2D eigenvalue weighted by Gasteiger charge is 2.44. The molecule has 30 heavy (non-hydrogen) atoms. The molecule has 0 unspecified atom stereocenters. The molecule has 1 spiro atoms. The lowest BCUT2D eigenvalue weighted by Crippen LogP contribution is -2.46. The second-order valence-electron chi connectivity index (χ2n) is 8.28. The maximum absolute atomic E-state index is 13.2. The van der Waals surface area contributed by atoms with Crippen molar-refractivity contribution in [1.82, 2.24) is 9.88 Å². The molecule has 2 aliphatic heterocycles. The fourth-order valence-electron chi connectivity index (χ4n) is 4.74. The quantitative estimate of drug-likeness (QED) is 0.484.